The van der Waals surface area contributed by atoms with Gasteiger partial charge in [0.1, 0.15) is 6.67 Å². The Morgan fingerprint density at radius 3 is 2.45 bits per heavy atom. The Morgan fingerprint density at radius 1 is 1.35 bits per heavy atom. The molecule has 0 bridgehead atoms. The minimum absolute atomic E-state index is 0.0735. The van der Waals surface area contributed by atoms with Crippen molar-refractivity contribution in [1.29, 1.82) is 0 Å². The van der Waals surface area contributed by atoms with Gasteiger partial charge >= 0.3 is 0 Å². The van der Waals surface area contributed by atoms with Crippen LogP contribution in [0.5, 0.6) is 0 Å². The van der Waals surface area contributed by atoms with Crippen molar-refractivity contribution in [2.75, 3.05) is 25.3 Å². The molecule has 1 heterocycles. The molecule has 1 aromatic rings. The molecule has 0 aromatic heterocycles. The predicted molar refractivity (Wildman–Crippen MR) is 76.8 cm³/mol. The molecule has 1 aliphatic heterocycles. The summed E-state index contributed by atoms with van der Waals surface area (Å²) in [5, 5.41) is 0. The van der Waals surface area contributed by atoms with E-state index >= 15 is 0 Å². The van der Waals surface area contributed by atoms with Gasteiger partial charge in [-0.1, -0.05) is 30.3 Å². The average Bonchev–Trinajstić information content (AvgIpc) is 2.80. The Bertz CT molecular complexity index is 595. The third-order valence-electron chi connectivity index (χ3n) is 3.39. The van der Waals surface area contributed by atoms with Gasteiger partial charge in [0.25, 0.3) is 0 Å². The molecule has 0 aliphatic carbocycles. The first-order valence-corrected chi connectivity index (χ1v) is 8.13. The molecule has 6 heteroatoms. The van der Waals surface area contributed by atoms with Crippen molar-refractivity contribution in [3.05, 3.63) is 41.5 Å². The van der Waals surface area contributed by atoms with Crippen LogP contribution >= 0.6 is 0 Å². The third-order valence-corrected chi connectivity index (χ3v) is 4.82. The summed E-state index contributed by atoms with van der Waals surface area (Å²) < 4.78 is 40.7. The lowest BCUT2D eigenvalue weighted by molar-refractivity contribution is 0.0721. The van der Waals surface area contributed by atoms with E-state index in [1.165, 1.54) is 7.11 Å². The number of methoxy groups -OCH3 is 1. The van der Waals surface area contributed by atoms with Crippen LogP contribution in [0.3, 0.4) is 0 Å². The molecule has 1 aliphatic rings. The van der Waals surface area contributed by atoms with Gasteiger partial charge in [0.2, 0.25) is 0 Å². The first kappa shape index (κ1) is 15.2. The molecule has 20 heavy (non-hydrogen) atoms. The number of sulfone groups is 1. The molecule has 0 radical (unpaired) electrons. The van der Waals surface area contributed by atoms with Crippen LogP contribution in [-0.4, -0.2) is 39.7 Å². The fourth-order valence-corrected chi connectivity index (χ4v) is 3.64. The van der Waals surface area contributed by atoms with Crippen LogP contribution in [0.2, 0.25) is 0 Å². The lowest BCUT2D eigenvalue weighted by Crippen LogP contribution is -2.31. The van der Waals surface area contributed by atoms with Crippen LogP contribution < -0.4 is 5.73 Å². The van der Waals surface area contributed by atoms with Gasteiger partial charge in [-0.2, -0.15) is 0 Å². The Morgan fingerprint density at radius 2 is 2.00 bits per heavy atom. The molecule has 0 unspecified atom stereocenters. The van der Waals surface area contributed by atoms with Gasteiger partial charge in [-0.05, 0) is 16.7 Å². The van der Waals surface area contributed by atoms with Crippen molar-refractivity contribution < 1.29 is 17.5 Å². The molecule has 2 rings (SSSR count). The molecule has 0 saturated heterocycles. The van der Waals surface area contributed by atoms with Crippen molar-refractivity contribution >= 4 is 15.4 Å². The number of rotatable bonds is 5. The molecule has 0 spiro atoms. The van der Waals surface area contributed by atoms with E-state index in [4.69, 9.17) is 10.5 Å². The summed E-state index contributed by atoms with van der Waals surface area (Å²) in [7, 11) is -1.49. The number of halogens is 1. The molecule has 110 valence electrons. The molecule has 0 amide bonds. The van der Waals surface area contributed by atoms with Gasteiger partial charge in [0.05, 0.1) is 23.7 Å². The molecule has 2 N–H and O–H groups in total. The van der Waals surface area contributed by atoms with Gasteiger partial charge in [-0.3, -0.25) is 0 Å². The fourth-order valence-electron chi connectivity index (χ4n) is 2.31. The summed E-state index contributed by atoms with van der Waals surface area (Å²) in [6.07, 6.45) is 1.22. The highest BCUT2D eigenvalue weighted by atomic mass is 32.2. The maximum atomic E-state index is 12.6. The minimum atomic E-state index is -2.98. The SMILES string of the molecule is CO[C@H](c1ccc(C2=CCS(=O)(=O)C2)cc1)[C@H](N)CF. The van der Waals surface area contributed by atoms with Crippen LogP contribution in [-0.2, 0) is 14.6 Å². The molecule has 4 nitrogen and oxygen atoms in total. The Hall–Kier alpha value is -1.24. The van der Waals surface area contributed by atoms with E-state index in [1.54, 1.807) is 18.2 Å². The van der Waals surface area contributed by atoms with E-state index in [-0.39, 0.29) is 11.5 Å². The van der Waals surface area contributed by atoms with Gasteiger partial charge in [0, 0.05) is 7.11 Å². The van der Waals surface area contributed by atoms with E-state index in [0.717, 1.165) is 16.7 Å². The number of nitrogens with two attached hydrogens (primary N) is 1. The first-order chi connectivity index (χ1) is 9.46. The zero-order chi connectivity index (χ0) is 14.8. The van der Waals surface area contributed by atoms with E-state index in [9.17, 15) is 12.8 Å². The Labute approximate surface area is 118 Å². The quantitative estimate of drug-likeness (QED) is 0.894. The van der Waals surface area contributed by atoms with Crippen molar-refractivity contribution in [3.63, 3.8) is 0 Å². The van der Waals surface area contributed by atoms with E-state index < -0.39 is 28.7 Å². The Balaban J connectivity index is 2.18. The van der Waals surface area contributed by atoms with Gasteiger partial charge in [-0.15, -0.1) is 0 Å². The van der Waals surface area contributed by atoms with Crippen molar-refractivity contribution in [2.24, 2.45) is 5.73 Å². The monoisotopic (exact) mass is 299 g/mol. The Kier molecular flexibility index (Phi) is 4.57. The molecule has 0 saturated carbocycles. The summed E-state index contributed by atoms with van der Waals surface area (Å²) in [6, 6.07) is 6.52. The average molecular weight is 299 g/mol. The van der Waals surface area contributed by atoms with E-state index in [2.05, 4.69) is 0 Å². The maximum absolute atomic E-state index is 12.6. The van der Waals surface area contributed by atoms with Gasteiger partial charge < -0.3 is 10.5 Å². The summed E-state index contributed by atoms with van der Waals surface area (Å²) >= 11 is 0. The van der Waals surface area contributed by atoms with Gasteiger partial charge in [-0.25, -0.2) is 12.8 Å². The number of alkyl halides is 1. The van der Waals surface area contributed by atoms with Crippen LogP contribution in [0, 0.1) is 0 Å². The topological polar surface area (TPSA) is 69.4 Å². The zero-order valence-corrected chi connectivity index (χ0v) is 12.1. The predicted octanol–water partition coefficient (Wildman–Crippen LogP) is 1.48. The first-order valence-electron chi connectivity index (χ1n) is 6.31. The molecular formula is C14H18FNO3S. The zero-order valence-electron chi connectivity index (χ0n) is 11.3. The van der Waals surface area contributed by atoms with Crippen LogP contribution in [0.1, 0.15) is 17.2 Å². The lowest BCUT2D eigenvalue weighted by atomic mass is 9.99. The molecular weight excluding hydrogens is 281 g/mol. The summed E-state index contributed by atoms with van der Waals surface area (Å²) in [6.45, 7) is -0.663. The van der Waals surface area contributed by atoms with Crippen LogP contribution in [0.4, 0.5) is 4.39 Å². The number of ether oxygens (including phenoxy) is 1. The number of hydrogen-bond donors (Lipinski definition) is 1. The highest BCUT2D eigenvalue weighted by molar-refractivity contribution is 7.92. The highest BCUT2D eigenvalue weighted by Gasteiger charge is 2.22. The van der Waals surface area contributed by atoms with Gasteiger partial charge in [0.15, 0.2) is 9.84 Å². The van der Waals surface area contributed by atoms with E-state index in [1.807, 2.05) is 12.1 Å². The summed E-state index contributed by atoms with van der Waals surface area (Å²) in [5.74, 6) is 0.168. The summed E-state index contributed by atoms with van der Waals surface area (Å²) in [5.41, 5.74) is 8.11. The fraction of sp³-hybridized carbons (Fsp3) is 0.429. The second kappa shape index (κ2) is 6.03. The second-order valence-electron chi connectivity index (χ2n) is 4.88. The normalized spacial score (nSPS) is 20.4. The highest BCUT2D eigenvalue weighted by Crippen LogP contribution is 2.26. The largest absolute Gasteiger partial charge is 0.375 e. The molecule has 1 aromatic carbocycles. The van der Waals surface area contributed by atoms with Crippen LogP contribution in [0.25, 0.3) is 5.57 Å². The third kappa shape index (κ3) is 3.26. The molecule has 2 atom stereocenters. The number of hydrogen-bond acceptors (Lipinski definition) is 4. The van der Waals surface area contributed by atoms with E-state index in [0.29, 0.717) is 0 Å². The molecule has 0 fully saturated rings. The maximum Gasteiger partial charge on any atom is 0.158 e. The minimum Gasteiger partial charge on any atom is -0.375 e. The van der Waals surface area contributed by atoms with Crippen molar-refractivity contribution in [1.82, 2.24) is 0 Å². The van der Waals surface area contributed by atoms with Crippen molar-refractivity contribution in [2.45, 2.75) is 12.1 Å². The lowest BCUT2D eigenvalue weighted by Gasteiger charge is -2.20. The van der Waals surface area contributed by atoms with Crippen molar-refractivity contribution in [3.8, 4) is 0 Å². The van der Waals surface area contributed by atoms with Crippen LogP contribution in [0.15, 0.2) is 30.3 Å². The second-order valence-corrected chi connectivity index (χ2v) is 6.99. The summed E-state index contributed by atoms with van der Waals surface area (Å²) in [4.78, 5) is 0. The number of benzene rings is 1. The smallest absolute Gasteiger partial charge is 0.158 e. The standard InChI is InChI=1S/C14H18FNO3S/c1-19-14(13(16)8-15)11-4-2-10(3-5-11)12-6-7-20(17,18)9-12/h2-6,13-14H,7-9,16H2,1H3/t13-,14-/m1/s1.